The zero-order valence-electron chi connectivity index (χ0n) is 13.9. The average molecular weight is 356 g/mol. The Kier molecular flexibility index (Phi) is 7.15. The Hall–Kier alpha value is -1.71. The van der Waals surface area contributed by atoms with Crippen molar-refractivity contribution in [1.82, 2.24) is 0 Å². The Morgan fingerprint density at radius 1 is 1.12 bits per heavy atom. The molecule has 1 fully saturated rings. The molecule has 0 aliphatic carbocycles. The van der Waals surface area contributed by atoms with E-state index in [9.17, 15) is 25.2 Å². The van der Waals surface area contributed by atoms with Gasteiger partial charge in [0.15, 0.2) is 0 Å². The zero-order valence-corrected chi connectivity index (χ0v) is 13.9. The van der Waals surface area contributed by atoms with E-state index in [4.69, 9.17) is 9.47 Å². The molecule has 1 saturated heterocycles. The molecule has 8 heteroatoms. The molecule has 2 rings (SSSR count). The first-order valence-electron chi connectivity index (χ1n) is 8.08. The Labute approximate surface area is 145 Å². The highest BCUT2D eigenvalue weighted by Crippen LogP contribution is 2.33. The fourth-order valence-corrected chi connectivity index (χ4v) is 2.64. The molecule has 0 spiro atoms. The van der Waals surface area contributed by atoms with Gasteiger partial charge in [0, 0.05) is 6.42 Å². The Morgan fingerprint density at radius 3 is 2.40 bits per heavy atom. The number of aliphatic hydroxyl groups is 4. The van der Waals surface area contributed by atoms with E-state index in [1.165, 1.54) is 7.11 Å². The van der Waals surface area contributed by atoms with Crippen LogP contribution < -0.4 is 4.74 Å². The number of benzene rings is 1. The predicted octanol–water partition coefficient (Wildman–Crippen LogP) is -0.467. The van der Waals surface area contributed by atoms with Gasteiger partial charge in [-0.3, -0.25) is 4.79 Å². The third-order valence-electron chi connectivity index (χ3n) is 4.12. The summed E-state index contributed by atoms with van der Waals surface area (Å²) in [5.74, 6) is 0.291. The molecule has 0 bridgehead atoms. The second-order valence-corrected chi connectivity index (χ2v) is 5.85. The van der Waals surface area contributed by atoms with Crippen LogP contribution in [0.3, 0.4) is 0 Å². The second-order valence-electron chi connectivity index (χ2n) is 5.85. The van der Waals surface area contributed by atoms with Crippen LogP contribution >= 0.6 is 0 Å². The quantitative estimate of drug-likeness (QED) is 0.382. The first kappa shape index (κ1) is 19.6. The van der Waals surface area contributed by atoms with Crippen molar-refractivity contribution in [3.8, 4) is 5.75 Å². The standard InChI is InChI=1S/C17H24O8/c1-23-13(19)3-2-8-24-11-6-4-10(5-7-11)17-16(22)15(21)14(20)12(9-18)25-17/h4-7,12,14-18,20-22H,2-3,8-9H2,1H3/t12?,14-,15?,16?,17-/m1/s1. The molecule has 3 unspecified atom stereocenters. The number of rotatable bonds is 7. The molecule has 8 nitrogen and oxygen atoms in total. The second kappa shape index (κ2) is 9.12. The maximum Gasteiger partial charge on any atom is 0.305 e. The number of esters is 1. The lowest BCUT2D eigenvalue weighted by molar-refractivity contribution is -0.231. The van der Waals surface area contributed by atoms with Crippen LogP contribution in [0.15, 0.2) is 24.3 Å². The van der Waals surface area contributed by atoms with Crippen LogP contribution in [0.4, 0.5) is 0 Å². The minimum absolute atomic E-state index is 0.277. The highest BCUT2D eigenvalue weighted by atomic mass is 16.5. The maximum atomic E-state index is 11.0. The summed E-state index contributed by atoms with van der Waals surface area (Å²) in [4.78, 5) is 11.0. The van der Waals surface area contributed by atoms with Gasteiger partial charge in [0.2, 0.25) is 0 Å². The van der Waals surface area contributed by atoms with Crippen molar-refractivity contribution in [2.24, 2.45) is 0 Å². The van der Waals surface area contributed by atoms with Gasteiger partial charge >= 0.3 is 5.97 Å². The monoisotopic (exact) mass is 356 g/mol. The van der Waals surface area contributed by atoms with Gasteiger partial charge in [-0.25, -0.2) is 0 Å². The van der Waals surface area contributed by atoms with Crippen molar-refractivity contribution < 1.29 is 39.4 Å². The molecule has 1 aromatic rings. The van der Waals surface area contributed by atoms with Gasteiger partial charge in [0.05, 0.1) is 20.3 Å². The molecule has 1 aromatic carbocycles. The molecule has 140 valence electrons. The SMILES string of the molecule is COC(=O)CCCOc1ccc([C@H]2OC(CO)[C@@H](O)C(O)C2O)cc1. The predicted molar refractivity (Wildman–Crippen MR) is 85.9 cm³/mol. The minimum atomic E-state index is -1.41. The van der Waals surface area contributed by atoms with Crippen LogP contribution in [-0.4, -0.2) is 71.1 Å². The molecule has 25 heavy (non-hydrogen) atoms. The fraction of sp³-hybridized carbons (Fsp3) is 0.588. The summed E-state index contributed by atoms with van der Waals surface area (Å²) in [6.45, 7) is -0.114. The third kappa shape index (κ3) is 4.90. The van der Waals surface area contributed by atoms with E-state index in [-0.39, 0.29) is 12.4 Å². The molecule has 0 aromatic heterocycles. The molecule has 5 atom stereocenters. The molecule has 0 saturated carbocycles. The lowest BCUT2D eigenvalue weighted by atomic mass is 9.91. The van der Waals surface area contributed by atoms with Gasteiger partial charge in [0.25, 0.3) is 0 Å². The number of carbonyl (C=O) groups is 1. The van der Waals surface area contributed by atoms with E-state index in [0.717, 1.165) is 0 Å². The van der Waals surface area contributed by atoms with Crippen molar-refractivity contribution in [3.63, 3.8) is 0 Å². The van der Waals surface area contributed by atoms with Crippen LogP contribution in [0.5, 0.6) is 5.75 Å². The minimum Gasteiger partial charge on any atom is -0.494 e. The van der Waals surface area contributed by atoms with Gasteiger partial charge in [-0.15, -0.1) is 0 Å². The topological polar surface area (TPSA) is 126 Å². The summed E-state index contributed by atoms with van der Waals surface area (Å²) in [5, 5.41) is 39.0. The molecule has 1 aliphatic rings. The van der Waals surface area contributed by atoms with Gasteiger partial charge < -0.3 is 34.6 Å². The Morgan fingerprint density at radius 2 is 1.80 bits per heavy atom. The highest BCUT2D eigenvalue weighted by molar-refractivity contribution is 5.69. The smallest absolute Gasteiger partial charge is 0.305 e. The fourth-order valence-electron chi connectivity index (χ4n) is 2.64. The first-order chi connectivity index (χ1) is 12.0. The number of aliphatic hydroxyl groups excluding tert-OH is 4. The van der Waals surface area contributed by atoms with E-state index in [0.29, 0.717) is 24.3 Å². The number of hydrogen-bond donors (Lipinski definition) is 4. The van der Waals surface area contributed by atoms with Crippen molar-refractivity contribution in [2.45, 2.75) is 43.4 Å². The van der Waals surface area contributed by atoms with E-state index >= 15 is 0 Å². The van der Waals surface area contributed by atoms with E-state index in [1.807, 2.05) is 0 Å². The molecule has 1 heterocycles. The van der Waals surface area contributed by atoms with Crippen molar-refractivity contribution in [1.29, 1.82) is 0 Å². The largest absolute Gasteiger partial charge is 0.494 e. The summed E-state index contributed by atoms with van der Waals surface area (Å²) >= 11 is 0. The maximum absolute atomic E-state index is 11.0. The number of ether oxygens (including phenoxy) is 3. The van der Waals surface area contributed by atoms with Crippen LogP contribution in [-0.2, 0) is 14.3 Å². The van der Waals surface area contributed by atoms with Crippen LogP contribution in [0, 0.1) is 0 Å². The van der Waals surface area contributed by atoms with Crippen LogP contribution in [0.1, 0.15) is 24.5 Å². The molecule has 0 amide bonds. The first-order valence-corrected chi connectivity index (χ1v) is 8.08. The highest BCUT2D eigenvalue weighted by Gasteiger charge is 2.43. The molecule has 1 aliphatic heterocycles. The van der Waals surface area contributed by atoms with Crippen LogP contribution in [0.25, 0.3) is 0 Å². The Balaban J connectivity index is 1.93. The lowest BCUT2D eigenvalue weighted by Crippen LogP contribution is -2.55. The van der Waals surface area contributed by atoms with Gasteiger partial charge in [0.1, 0.15) is 36.3 Å². The summed E-state index contributed by atoms with van der Waals surface area (Å²) < 4.78 is 15.5. The molecular formula is C17H24O8. The van der Waals surface area contributed by atoms with Crippen molar-refractivity contribution >= 4 is 5.97 Å². The summed E-state index contributed by atoms with van der Waals surface area (Å²) in [6.07, 6.45) is -5.12. The van der Waals surface area contributed by atoms with Gasteiger partial charge in [-0.2, -0.15) is 0 Å². The molecular weight excluding hydrogens is 332 g/mol. The average Bonchev–Trinajstić information content (AvgIpc) is 2.64. The number of carbonyl (C=O) groups excluding carboxylic acids is 1. The number of hydrogen-bond acceptors (Lipinski definition) is 8. The lowest BCUT2D eigenvalue weighted by Gasteiger charge is -2.40. The van der Waals surface area contributed by atoms with E-state index in [2.05, 4.69) is 4.74 Å². The summed E-state index contributed by atoms with van der Waals surface area (Å²) in [5.41, 5.74) is 0.582. The third-order valence-corrected chi connectivity index (χ3v) is 4.12. The van der Waals surface area contributed by atoms with Crippen LogP contribution in [0.2, 0.25) is 0 Å². The van der Waals surface area contributed by atoms with Gasteiger partial charge in [-0.1, -0.05) is 12.1 Å². The van der Waals surface area contributed by atoms with E-state index in [1.54, 1.807) is 24.3 Å². The number of methoxy groups -OCH3 is 1. The normalized spacial score (nSPS) is 29.2. The zero-order chi connectivity index (χ0) is 18.4. The molecule has 4 N–H and O–H groups in total. The summed E-state index contributed by atoms with van der Waals surface area (Å²) in [7, 11) is 1.33. The Bertz CT molecular complexity index is 544. The molecule has 0 radical (unpaired) electrons. The van der Waals surface area contributed by atoms with Gasteiger partial charge in [-0.05, 0) is 24.1 Å². The van der Waals surface area contributed by atoms with Crippen molar-refractivity contribution in [2.75, 3.05) is 20.3 Å². The van der Waals surface area contributed by atoms with E-state index < -0.39 is 37.1 Å². The summed E-state index contributed by atoms with van der Waals surface area (Å²) in [6, 6.07) is 6.69. The van der Waals surface area contributed by atoms with Crippen molar-refractivity contribution in [3.05, 3.63) is 29.8 Å².